The number of rotatable bonds is 6. The lowest BCUT2D eigenvalue weighted by Crippen LogP contribution is -2.32. The van der Waals surface area contributed by atoms with Crippen molar-refractivity contribution in [3.05, 3.63) is 64.2 Å². The Hall–Kier alpha value is -2.51. The van der Waals surface area contributed by atoms with Gasteiger partial charge in [-0.1, -0.05) is 48.4 Å². The molecule has 0 aliphatic rings. The number of halogens is 1. The Labute approximate surface area is 147 Å². The zero-order valence-electron chi connectivity index (χ0n) is 13.7. The second-order valence-electron chi connectivity index (χ2n) is 5.48. The second kappa shape index (κ2) is 8.37. The van der Waals surface area contributed by atoms with Crippen molar-refractivity contribution in [2.24, 2.45) is 0 Å². The molecule has 5 heteroatoms. The lowest BCUT2D eigenvalue weighted by Gasteiger charge is -2.18. The van der Waals surface area contributed by atoms with Crippen LogP contribution in [0, 0.1) is 18.3 Å². The van der Waals surface area contributed by atoms with E-state index >= 15 is 0 Å². The lowest BCUT2D eigenvalue weighted by molar-refractivity contribution is -0.123. The Kier molecular flexibility index (Phi) is 6.22. The molecule has 0 heterocycles. The Morgan fingerprint density at radius 2 is 2.00 bits per heavy atom. The van der Waals surface area contributed by atoms with Crippen molar-refractivity contribution in [1.29, 1.82) is 5.26 Å². The number of carbonyl (C=O) groups excluding carboxylic acids is 1. The van der Waals surface area contributed by atoms with E-state index in [2.05, 4.69) is 5.32 Å². The molecule has 0 spiro atoms. The fraction of sp³-hybridized carbons (Fsp3) is 0.263. The van der Waals surface area contributed by atoms with Gasteiger partial charge in [-0.2, -0.15) is 5.26 Å². The molecule has 2 aromatic carbocycles. The molecule has 0 saturated carbocycles. The number of carbonyl (C=O) groups is 1. The third kappa shape index (κ3) is 4.74. The monoisotopic (exact) mass is 342 g/mol. The largest absolute Gasteiger partial charge is 0.482 e. The number of benzene rings is 2. The van der Waals surface area contributed by atoms with Gasteiger partial charge in [-0.15, -0.1) is 0 Å². The first-order chi connectivity index (χ1) is 11.5. The molecule has 1 atom stereocenters. The van der Waals surface area contributed by atoms with Crippen LogP contribution in [0.2, 0.25) is 5.02 Å². The highest BCUT2D eigenvalue weighted by Gasteiger charge is 2.13. The predicted octanol–water partition coefficient (Wildman–Crippen LogP) is 4.17. The van der Waals surface area contributed by atoms with Gasteiger partial charge in [0.2, 0.25) is 0 Å². The molecule has 0 aliphatic carbocycles. The number of amides is 1. The molecule has 0 aromatic heterocycles. The Morgan fingerprint density at radius 1 is 1.29 bits per heavy atom. The van der Waals surface area contributed by atoms with Gasteiger partial charge < -0.3 is 10.1 Å². The summed E-state index contributed by atoms with van der Waals surface area (Å²) in [4.78, 5) is 12.1. The van der Waals surface area contributed by atoms with Crippen LogP contribution in [0.4, 0.5) is 0 Å². The molecule has 1 N–H and O–H groups in total. The van der Waals surface area contributed by atoms with Crippen LogP contribution < -0.4 is 10.1 Å². The van der Waals surface area contributed by atoms with Crippen LogP contribution in [-0.2, 0) is 4.79 Å². The van der Waals surface area contributed by atoms with Crippen molar-refractivity contribution in [2.45, 2.75) is 26.3 Å². The number of hydrogen-bond acceptors (Lipinski definition) is 3. The van der Waals surface area contributed by atoms with E-state index in [1.807, 2.05) is 44.2 Å². The van der Waals surface area contributed by atoms with E-state index in [-0.39, 0.29) is 18.6 Å². The molecule has 4 nitrogen and oxygen atoms in total. The summed E-state index contributed by atoms with van der Waals surface area (Å²) >= 11 is 6.03. The standard InChI is InChI=1S/C19H19ClN2O2/c1-3-17(15-7-4-13(2)5-8-15)22-19(23)12-24-18-9-6-14(11-21)10-16(18)20/h4-10,17H,3,12H2,1-2H3,(H,22,23)/t17-/m0/s1. The molecular formula is C19H19ClN2O2. The first kappa shape index (κ1) is 17.8. The molecule has 0 aliphatic heterocycles. The Bertz CT molecular complexity index is 751. The number of nitrogens with zero attached hydrogens (tertiary/aromatic N) is 1. The molecule has 0 bridgehead atoms. The van der Waals surface area contributed by atoms with Gasteiger partial charge in [0.25, 0.3) is 5.91 Å². The summed E-state index contributed by atoms with van der Waals surface area (Å²) in [5, 5.41) is 12.1. The van der Waals surface area contributed by atoms with Crippen molar-refractivity contribution >= 4 is 17.5 Å². The van der Waals surface area contributed by atoms with Crippen LogP contribution in [0.5, 0.6) is 5.75 Å². The van der Waals surface area contributed by atoms with E-state index in [0.29, 0.717) is 16.3 Å². The Morgan fingerprint density at radius 3 is 2.58 bits per heavy atom. The molecule has 0 unspecified atom stereocenters. The van der Waals surface area contributed by atoms with E-state index < -0.39 is 0 Å². The third-order valence-corrected chi connectivity index (χ3v) is 3.94. The maximum absolute atomic E-state index is 12.1. The minimum Gasteiger partial charge on any atom is -0.482 e. The Balaban J connectivity index is 1.94. The fourth-order valence-corrected chi connectivity index (χ4v) is 2.52. The summed E-state index contributed by atoms with van der Waals surface area (Å²) in [5.74, 6) is 0.164. The van der Waals surface area contributed by atoms with Crippen LogP contribution in [0.3, 0.4) is 0 Å². The number of hydrogen-bond donors (Lipinski definition) is 1. The van der Waals surface area contributed by atoms with E-state index in [9.17, 15) is 4.79 Å². The van der Waals surface area contributed by atoms with Gasteiger partial charge in [0.1, 0.15) is 5.75 Å². The van der Waals surface area contributed by atoms with Crippen molar-refractivity contribution in [3.63, 3.8) is 0 Å². The molecule has 2 aromatic rings. The highest BCUT2D eigenvalue weighted by molar-refractivity contribution is 6.32. The average molecular weight is 343 g/mol. The lowest BCUT2D eigenvalue weighted by atomic mass is 10.0. The fourth-order valence-electron chi connectivity index (χ4n) is 2.29. The second-order valence-corrected chi connectivity index (χ2v) is 5.89. The molecule has 24 heavy (non-hydrogen) atoms. The topological polar surface area (TPSA) is 62.1 Å². The zero-order valence-corrected chi connectivity index (χ0v) is 14.4. The SMILES string of the molecule is CC[C@H](NC(=O)COc1ccc(C#N)cc1Cl)c1ccc(C)cc1. The zero-order chi connectivity index (χ0) is 17.5. The van der Waals surface area contributed by atoms with Crippen molar-refractivity contribution in [2.75, 3.05) is 6.61 Å². The first-order valence-corrected chi connectivity index (χ1v) is 8.09. The number of aryl methyl sites for hydroxylation is 1. The smallest absolute Gasteiger partial charge is 0.258 e. The van der Waals surface area contributed by atoms with Gasteiger partial charge in [0.15, 0.2) is 6.61 Å². The summed E-state index contributed by atoms with van der Waals surface area (Å²) in [7, 11) is 0. The van der Waals surface area contributed by atoms with Gasteiger partial charge in [0, 0.05) is 0 Å². The van der Waals surface area contributed by atoms with E-state index in [0.717, 1.165) is 12.0 Å². The quantitative estimate of drug-likeness (QED) is 0.857. The van der Waals surface area contributed by atoms with E-state index in [1.54, 1.807) is 12.1 Å². The highest BCUT2D eigenvalue weighted by atomic mass is 35.5. The van der Waals surface area contributed by atoms with Gasteiger partial charge in [0.05, 0.1) is 22.7 Å². The van der Waals surface area contributed by atoms with Crippen molar-refractivity contribution in [3.8, 4) is 11.8 Å². The van der Waals surface area contributed by atoms with Gasteiger partial charge in [-0.3, -0.25) is 4.79 Å². The minimum atomic E-state index is -0.220. The van der Waals surface area contributed by atoms with Crippen LogP contribution in [-0.4, -0.2) is 12.5 Å². The van der Waals surface area contributed by atoms with E-state index in [1.165, 1.54) is 11.6 Å². The summed E-state index contributed by atoms with van der Waals surface area (Å²) < 4.78 is 5.45. The van der Waals surface area contributed by atoms with Gasteiger partial charge >= 0.3 is 0 Å². The number of ether oxygens (including phenoxy) is 1. The summed E-state index contributed by atoms with van der Waals surface area (Å²) in [5.41, 5.74) is 2.69. The van der Waals surface area contributed by atoms with Gasteiger partial charge in [-0.25, -0.2) is 0 Å². The maximum Gasteiger partial charge on any atom is 0.258 e. The number of nitriles is 1. The predicted molar refractivity (Wildman–Crippen MR) is 94.0 cm³/mol. The average Bonchev–Trinajstić information content (AvgIpc) is 2.59. The van der Waals surface area contributed by atoms with Gasteiger partial charge in [-0.05, 0) is 37.1 Å². The maximum atomic E-state index is 12.1. The van der Waals surface area contributed by atoms with Crippen LogP contribution in [0.25, 0.3) is 0 Å². The van der Waals surface area contributed by atoms with Crippen LogP contribution in [0.15, 0.2) is 42.5 Å². The number of nitrogens with one attached hydrogen (secondary N) is 1. The molecule has 2 rings (SSSR count). The van der Waals surface area contributed by atoms with Crippen molar-refractivity contribution < 1.29 is 9.53 Å². The molecule has 1 amide bonds. The normalized spacial score (nSPS) is 11.4. The molecular weight excluding hydrogens is 324 g/mol. The van der Waals surface area contributed by atoms with Crippen molar-refractivity contribution in [1.82, 2.24) is 5.32 Å². The molecule has 0 radical (unpaired) electrons. The van der Waals surface area contributed by atoms with Crippen LogP contribution in [0.1, 0.15) is 36.1 Å². The molecule has 0 saturated heterocycles. The minimum absolute atomic E-state index is 0.0573. The molecule has 124 valence electrons. The summed E-state index contributed by atoms with van der Waals surface area (Å²) in [6, 6.07) is 14.7. The third-order valence-electron chi connectivity index (χ3n) is 3.64. The van der Waals surface area contributed by atoms with Crippen LogP contribution >= 0.6 is 11.6 Å². The summed E-state index contributed by atoms with van der Waals surface area (Å²) in [6.07, 6.45) is 0.784. The molecule has 0 fully saturated rings. The van der Waals surface area contributed by atoms with E-state index in [4.69, 9.17) is 21.6 Å². The first-order valence-electron chi connectivity index (χ1n) is 7.72. The highest BCUT2D eigenvalue weighted by Crippen LogP contribution is 2.25. The summed E-state index contributed by atoms with van der Waals surface area (Å²) in [6.45, 7) is 3.91.